The minimum absolute atomic E-state index is 0.0719. The van der Waals surface area contributed by atoms with Crippen molar-refractivity contribution >= 4 is 23.3 Å². The number of amides is 2. The van der Waals surface area contributed by atoms with Gasteiger partial charge in [0.15, 0.2) is 0 Å². The van der Waals surface area contributed by atoms with E-state index in [1.54, 1.807) is 11.3 Å². The predicted octanol–water partition coefficient (Wildman–Crippen LogP) is 3.02. The van der Waals surface area contributed by atoms with Crippen LogP contribution in [0.3, 0.4) is 0 Å². The molecule has 2 rings (SSSR count). The lowest BCUT2D eigenvalue weighted by molar-refractivity contribution is -0.138. The average Bonchev–Trinajstić information content (AvgIpc) is 3.17. The number of thiophene rings is 1. The minimum Gasteiger partial charge on any atom is -0.480 e. The van der Waals surface area contributed by atoms with E-state index in [9.17, 15) is 9.59 Å². The Balaban J connectivity index is 2.12. The number of carboxylic acids is 1. The zero-order valence-corrected chi connectivity index (χ0v) is 13.3. The summed E-state index contributed by atoms with van der Waals surface area (Å²) in [5.41, 5.74) is 1.11. The van der Waals surface area contributed by atoms with E-state index in [0.717, 1.165) is 24.8 Å². The molecule has 1 N–H and O–H groups in total. The van der Waals surface area contributed by atoms with E-state index in [1.807, 2.05) is 35.6 Å². The number of hydrogen-bond donors (Lipinski definition) is 1. The predicted molar refractivity (Wildman–Crippen MR) is 82.4 cm³/mol. The van der Waals surface area contributed by atoms with Gasteiger partial charge in [0.2, 0.25) is 0 Å². The third-order valence-corrected chi connectivity index (χ3v) is 4.57. The fourth-order valence-electron chi connectivity index (χ4n) is 2.26. The number of carboxylic acid groups (broad SMARTS) is 1. The summed E-state index contributed by atoms with van der Waals surface area (Å²) in [6, 6.07) is 2.05. The van der Waals surface area contributed by atoms with Gasteiger partial charge >= 0.3 is 12.0 Å². The standard InChI is InChI=1S/C15H22N2O3S/c1-3-11(2)16(9-14(18)19)15(20)17(13-4-5-13)8-12-6-7-21-10-12/h6-7,10-11,13H,3-5,8-9H2,1-2H3,(H,18,19). The fourth-order valence-corrected chi connectivity index (χ4v) is 2.92. The second-order valence-corrected chi connectivity index (χ2v) is 6.33. The Morgan fingerprint density at radius 1 is 1.48 bits per heavy atom. The van der Waals surface area contributed by atoms with Crippen molar-refractivity contribution in [3.05, 3.63) is 22.4 Å². The number of aliphatic carboxylic acids is 1. The zero-order valence-electron chi connectivity index (χ0n) is 12.5. The van der Waals surface area contributed by atoms with Gasteiger partial charge in [-0.3, -0.25) is 4.79 Å². The van der Waals surface area contributed by atoms with Crippen molar-refractivity contribution in [3.63, 3.8) is 0 Å². The van der Waals surface area contributed by atoms with Gasteiger partial charge in [0, 0.05) is 18.6 Å². The molecule has 1 unspecified atom stereocenters. The van der Waals surface area contributed by atoms with Crippen molar-refractivity contribution < 1.29 is 14.7 Å². The first-order chi connectivity index (χ1) is 10.0. The molecule has 0 aromatic carbocycles. The molecule has 1 heterocycles. The summed E-state index contributed by atoms with van der Waals surface area (Å²) in [4.78, 5) is 27.1. The monoisotopic (exact) mass is 310 g/mol. The highest BCUT2D eigenvalue weighted by molar-refractivity contribution is 7.07. The first-order valence-corrected chi connectivity index (χ1v) is 8.27. The lowest BCUT2D eigenvalue weighted by Crippen LogP contribution is -2.49. The SMILES string of the molecule is CCC(C)N(CC(=O)O)C(=O)N(Cc1ccsc1)C1CC1. The van der Waals surface area contributed by atoms with Crippen LogP contribution in [-0.4, -0.2) is 45.5 Å². The van der Waals surface area contributed by atoms with Crippen molar-refractivity contribution in [1.29, 1.82) is 0 Å². The molecule has 21 heavy (non-hydrogen) atoms. The molecule has 116 valence electrons. The summed E-state index contributed by atoms with van der Waals surface area (Å²) in [5.74, 6) is -0.963. The molecule has 1 aromatic rings. The Hall–Kier alpha value is -1.56. The topological polar surface area (TPSA) is 60.9 Å². The number of carbonyl (C=O) groups is 2. The van der Waals surface area contributed by atoms with Crippen LogP contribution < -0.4 is 0 Å². The van der Waals surface area contributed by atoms with Gasteiger partial charge in [-0.2, -0.15) is 11.3 Å². The summed E-state index contributed by atoms with van der Waals surface area (Å²) in [5, 5.41) is 13.1. The average molecular weight is 310 g/mol. The van der Waals surface area contributed by atoms with E-state index in [2.05, 4.69) is 0 Å². The molecule has 1 saturated carbocycles. The first-order valence-electron chi connectivity index (χ1n) is 7.33. The summed E-state index contributed by atoms with van der Waals surface area (Å²) < 4.78 is 0. The summed E-state index contributed by atoms with van der Waals surface area (Å²) in [6.07, 6.45) is 2.77. The summed E-state index contributed by atoms with van der Waals surface area (Å²) >= 11 is 1.61. The fraction of sp³-hybridized carbons (Fsp3) is 0.600. The Morgan fingerprint density at radius 2 is 2.19 bits per heavy atom. The highest BCUT2D eigenvalue weighted by Crippen LogP contribution is 2.30. The Bertz CT molecular complexity index is 485. The van der Waals surface area contributed by atoms with Crippen LogP contribution in [0, 0.1) is 0 Å². The first kappa shape index (κ1) is 15.8. The Labute approximate surface area is 129 Å². The maximum Gasteiger partial charge on any atom is 0.323 e. The molecule has 0 radical (unpaired) electrons. The van der Waals surface area contributed by atoms with Gasteiger partial charge in [-0.25, -0.2) is 4.79 Å². The molecule has 6 heteroatoms. The second-order valence-electron chi connectivity index (χ2n) is 5.55. The third-order valence-electron chi connectivity index (χ3n) is 3.84. The van der Waals surface area contributed by atoms with Crippen LogP contribution in [-0.2, 0) is 11.3 Å². The van der Waals surface area contributed by atoms with E-state index < -0.39 is 5.97 Å². The van der Waals surface area contributed by atoms with Crippen LogP contribution in [0.25, 0.3) is 0 Å². The molecule has 1 aliphatic carbocycles. The summed E-state index contributed by atoms with van der Waals surface area (Å²) in [6.45, 7) is 4.20. The van der Waals surface area contributed by atoms with Crippen LogP contribution in [0.15, 0.2) is 16.8 Å². The number of nitrogens with zero attached hydrogens (tertiary/aromatic N) is 2. The molecule has 0 aliphatic heterocycles. The molecule has 0 saturated heterocycles. The maximum absolute atomic E-state index is 12.8. The van der Waals surface area contributed by atoms with Crippen LogP contribution >= 0.6 is 11.3 Å². The second kappa shape index (κ2) is 6.93. The van der Waals surface area contributed by atoms with E-state index in [0.29, 0.717) is 6.54 Å². The highest BCUT2D eigenvalue weighted by atomic mass is 32.1. The van der Waals surface area contributed by atoms with E-state index in [1.165, 1.54) is 4.90 Å². The van der Waals surface area contributed by atoms with Crippen molar-refractivity contribution in [1.82, 2.24) is 9.80 Å². The highest BCUT2D eigenvalue weighted by Gasteiger charge is 2.36. The van der Waals surface area contributed by atoms with Gasteiger partial charge in [0.1, 0.15) is 6.54 Å². The zero-order chi connectivity index (χ0) is 15.4. The molecule has 5 nitrogen and oxygen atoms in total. The van der Waals surface area contributed by atoms with Gasteiger partial charge in [0.25, 0.3) is 0 Å². The van der Waals surface area contributed by atoms with Gasteiger partial charge in [0.05, 0.1) is 0 Å². The van der Waals surface area contributed by atoms with Crippen LogP contribution in [0.2, 0.25) is 0 Å². The number of rotatable bonds is 7. The van der Waals surface area contributed by atoms with Gasteiger partial charge in [-0.15, -0.1) is 0 Å². The molecule has 1 fully saturated rings. The Morgan fingerprint density at radius 3 is 2.67 bits per heavy atom. The lowest BCUT2D eigenvalue weighted by Gasteiger charge is -2.33. The van der Waals surface area contributed by atoms with Crippen LogP contribution in [0.4, 0.5) is 4.79 Å². The van der Waals surface area contributed by atoms with Crippen LogP contribution in [0.5, 0.6) is 0 Å². The minimum atomic E-state index is -0.963. The third kappa shape index (κ3) is 4.20. The molecular formula is C15H22N2O3S. The maximum atomic E-state index is 12.8. The Kier molecular flexibility index (Phi) is 5.22. The van der Waals surface area contributed by atoms with Crippen molar-refractivity contribution in [2.75, 3.05) is 6.54 Å². The van der Waals surface area contributed by atoms with Crippen molar-refractivity contribution in [2.45, 2.75) is 51.7 Å². The van der Waals surface area contributed by atoms with Crippen molar-refractivity contribution in [2.24, 2.45) is 0 Å². The molecule has 1 aromatic heterocycles. The van der Waals surface area contributed by atoms with Gasteiger partial charge in [-0.05, 0) is 48.6 Å². The van der Waals surface area contributed by atoms with E-state index in [-0.39, 0.29) is 24.7 Å². The van der Waals surface area contributed by atoms with E-state index >= 15 is 0 Å². The number of carbonyl (C=O) groups excluding carboxylic acids is 1. The smallest absolute Gasteiger partial charge is 0.323 e. The van der Waals surface area contributed by atoms with Gasteiger partial charge in [-0.1, -0.05) is 6.92 Å². The number of hydrogen-bond acceptors (Lipinski definition) is 3. The molecule has 2 amide bonds. The molecule has 0 bridgehead atoms. The normalized spacial score (nSPS) is 15.5. The summed E-state index contributed by atoms with van der Waals surface area (Å²) in [7, 11) is 0. The van der Waals surface area contributed by atoms with E-state index in [4.69, 9.17) is 5.11 Å². The van der Waals surface area contributed by atoms with Crippen LogP contribution in [0.1, 0.15) is 38.7 Å². The lowest BCUT2D eigenvalue weighted by atomic mass is 10.2. The number of urea groups is 1. The quantitative estimate of drug-likeness (QED) is 0.842. The molecule has 1 atom stereocenters. The van der Waals surface area contributed by atoms with Crippen molar-refractivity contribution in [3.8, 4) is 0 Å². The molecule has 1 aliphatic rings. The largest absolute Gasteiger partial charge is 0.480 e. The van der Waals surface area contributed by atoms with Gasteiger partial charge < -0.3 is 14.9 Å². The molecule has 0 spiro atoms. The molecular weight excluding hydrogens is 288 g/mol.